The first-order valence-electron chi connectivity index (χ1n) is 4.92. The Bertz CT molecular complexity index is 546. The second-order valence-corrected chi connectivity index (χ2v) is 3.50. The van der Waals surface area contributed by atoms with Crippen molar-refractivity contribution in [3.63, 3.8) is 0 Å². The van der Waals surface area contributed by atoms with Gasteiger partial charge in [-0.05, 0) is 24.3 Å². The first kappa shape index (κ1) is 12.3. The van der Waals surface area contributed by atoms with Crippen molar-refractivity contribution in [1.29, 1.82) is 0 Å². The minimum Gasteiger partial charge on any atom is -0.497 e. The Kier molecular flexibility index (Phi) is 2.90. The summed E-state index contributed by atoms with van der Waals surface area (Å²) < 4.78 is 43.0. The van der Waals surface area contributed by atoms with Gasteiger partial charge in [0.15, 0.2) is 5.69 Å². The summed E-state index contributed by atoms with van der Waals surface area (Å²) >= 11 is 0. The molecular formula is C11H9F3N2O2. The number of hydrogen-bond donors (Lipinski definition) is 1. The van der Waals surface area contributed by atoms with E-state index in [1.807, 2.05) is 0 Å². The molecule has 1 aromatic heterocycles. The molecule has 2 aromatic rings. The summed E-state index contributed by atoms with van der Waals surface area (Å²) in [6.45, 7) is 0. The maximum Gasteiger partial charge on any atom is 0.435 e. The van der Waals surface area contributed by atoms with Crippen LogP contribution < -0.4 is 4.74 Å². The maximum absolute atomic E-state index is 12.4. The highest BCUT2D eigenvalue weighted by Gasteiger charge is 2.35. The Hall–Kier alpha value is -2.18. The molecule has 1 N–H and O–H groups in total. The zero-order chi connectivity index (χ0) is 13.3. The van der Waals surface area contributed by atoms with Crippen LogP contribution in [0.2, 0.25) is 0 Å². The molecule has 0 radical (unpaired) electrons. The highest BCUT2D eigenvalue weighted by Crippen LogP contribution is 2.31. The SMILES string of the molecule is COc1ccc(-n2nc(C(F)(F)F)cc2O)cc1. The lowest BCUT2D eigenvalue weighted by Crippen LogP contribution is -2.07. The number of halogens is 3. The second kappa shape index (κ2) is 4.25. The van der Waals surface area contributed by atoms with E-state index in [4.69, 9.17) is 4.74 Å². The van der Waals surface area contributed by atoms with Crippen LogP contribution in [0.5, 0.6) is 11.6 Å². The van der Waals surface area contributed by atoms with Crippen LogP contribution in [0, 0.1) is 0 Å². The van der Waals surface area contributed by atoms with Crippen molar-refractivity contribution in [2.24, 2.45) is 0 Å². The van der Waals surface area contributed by atoms with Crippen LogP contribution in [-0.2, 0) is 6.18 Å². The number of ether oxygens (including phenoxy) is 1. The molecule has 0 aliphatic rings. The third-order valence-electron chi connectivity index (χ3n) is 2.30. The van der Waals surface area contributed by atoms with Gasteiger partial charge in [-0.2, -0.15) is 18.3 Å². The topological polar surface area (TPSA) is 47.3 Å². The molecule has 0 fully saturated rings. The fraction of sp³-hybridized carbons (Fsp3) is 0.182. The number of rotatable bonds is 2. The van der Waals surface area contributed by atoms with Crippen LogP contribution in [0.15, 0.2) is 30.3 Å². The second-order valence-electron chi connectivity index (χ2n) is 3.50. The van der Waals surface area contributed by atoms with Crippen molar-refractivity contribution in [2.45, 2.75) is 6.18 Å². The zero-order valence-electron chi connectivity index (χ0n) is 9.27. The number of hydrogen-bond acceptors (Lipinski definition) is 3. The maximum atomic E-state index is 12.4. The number of aromatic nitrogens is 2. The predicted octanol–water partition coefficient (Wildman–Crippen LogP) is 2.61. The monoisotopic (exact) mass is 258 g/mol. The number of aromatic hydroxyl groups is 1. The molecule has 1 heterocycles. The number of alkyl halides is 3. The smallest absolute Gasteiger partial charge is 0.435 e. The normalized spacial score (nSPS) is 11.6. The summed E-state index contributed by atoms with van der Waals surface area (Å²) in [6, 6.07) is 6.68. The summed E-state index contributed by atoms with van der Waals surface area (Å²) in [5.41, 5.74) is -0.834. The summed E-state index contributed by atoms with van der Waals surface area (Å²) in [5.74, 6) is -0.0195. The average molecular weight is 258 g/mol. The van der Waals surface area contributed by atoms with Gasteiger partial charge in [0.05, 0.1) is 12.8 Å². The van der Waals surface area contributed by atoms with Gasteiger partial charge >= 0.3 is 6.18 Å². The molecule has 0 saturated heterocycles. The Morgan fingerprint density at radius 1 is 1.22 bits per heavy atom. The first-order chi connectivity index (χ1) is 8.41. The van der Waals surface area contributed by atoms with Crippen LogP contribution >= 0.6 is 0 Å². The van der Waals surface area contributed by atoms with Crippen molar-refractivity contribution in [2.75, 3.05) is 7.11 Å². The molecule has 0 spiro atoms. The van der Waals surface area contributed by atoms with Crippen molar-refractivity contribution in [1.82, 2.24) is 9.78 Å². The Morgan fingerprint density at radius 3 is 2.28 bits per heavy atom. The third-order valence-corrected chi connectivity index (χ3v) is 2.30. The van der Waals surface area contributed by atoms with Crippen LogP contribution in [-0.4, -0.2) is 22.0 Å². The van der Waals surface area contributed by atoms with E-state index >= 15 is 0 Å². The van der Waals surface area contributed by atoms with E-state index in [2.05, 4.69) is 5.10 Å². The van der Waals surface area contributed by atoms with Gasteiger partial charge in [-0.15, -0.1) is 0 Å². The van der Waals surface area contributed by atoms with Crippen molar-refractivity contribution in [3.8, 4) is 17.3 Å². The summed E-state index contributed by atoms with van der Waals surface area (Å²) in [4.78, 5) is 0. The third kappa shape index (κ3) is 2.24. The van der Waals surface area contributed by atoms with Gasteiger partial charge in [0.25, 0.3) is 0 Å². The van der Waals surface area contributed by atoms with Gasteiger partial charge in [0, 0.05) is 6.07 Å². The van der Waals surface area contributed by atoms with E-state index in [9.17, 15) is 18.3 Å². The highest BCUT2D eigenvalue weighted by atomic mass is 19.4. The molecule has 2 rings (SSSR count). The summed E-state index contributed by atoms with van der Waals surface area (Å²) in [7, 11) is 1.47. The summed E-state index contributed by atoms with van der Waals surface area (Å²) in [5, 5.41) is 12.8. The molecular weight excluding hydrogens is 249 g/mol. The van der Waals surface area contributed by atoms with Crippen molar-refractivity contribution < 1.29 is 23.0 Å². The molecule has 96 valence electrons. The van der Waals surface area contributed by atoms with Crippen LogP contribution in [0.4, 0.5) is 13.2 Å². The van der Waals surface area contributed by atoms with E-state index in [-0.39, 0.29) is 0 Å². The standard InChI is InChI=1S/C11H9F3N2O2/c1-18-8-4-2-7(3-5-8)16-10(17)6-9(15-16)11(12,13)14/h2-6,17H,1H3. The lowest BCUT2D eigenvalue weighted by molar-refractivity contribution is -0.141. The molecule has 0 amide bonds. The van der Waals surface area contributed by atoms with Gasteiger partial charge in [0.1, 0.15) is 5.75 Å². The molecule has 18 heavy (non-hydrogen) atoms. The van der Waals surface area contributed by atoms with Crippen molar-refractivity contribution >= 4 is 0 Å². The first-order valence-corrected chi connectivity index (χ1v) is 4.92. The minimum absolute atomic E-state index is 0.309. The van der Waals surface area contributed by atoms with Gasteiger partial charge in [-0.1, -0.05) is 0 Å². The molecule has 1 aromatic carbocycles. The Labute approximate surface area is 100 Å². The number of nitrogens with zero attached hydrogens (tertiary/aromatic N) is 2. The Morgan fingerprint density at radius 2 is 1.83 bits per heavy atom. The van der Waals surface area contributed by atoms with Crippen LogP contribution in [0.25, 0.3) is 5.69 Å². The molecule has 0 bridgehead atoms. The number of methoxy groups -OCH3 is 1. The molecule has 0 aliphatic carbocycles. The van der Waals surface area contributed by atoms with Crippen LogP contribution in [0.3, 0.4) is 0 Å². The molecule has 4 nitrogen and oxygen atoms in total. The fourth-order valence-corrected chi connectivity index (χ4v) is 1.42. The van der Waals surface area contributed by atoms with E-state index in [1.165, 1.54) is 19.2 Å². The lowest BCUT2D eigenvalue weighted by atomic mass is 10.3. The fourth-order valence-electron chi connectivity index (χ4n) is 1.42. The molecule has 0 atom stereocenters. The largest absolute Gasteiger partial charge is 0.497 e. The van der Waals surface area contributed by atoms with Crippen LogP contribution in [0.1, 0.15) is 5.69 Å². The molecule has 0 saturated carbocycles. The van der Waals surface area contributed by atoms with E-state index in [0.717, 1.165) is 4.68 Å². The van der Waals surface area contributed by atoms with Gasteiger partial charge in [-0.3, -0.25) is 0 Å². The quantitative estimate of drug-likeness (QED) is 0.900. The minimum atomic E-state index is -4.59. The van der Waals surface area contributed by atoms with E-state index < -0.39 is 17.8 Å². The highest BCUT2D eigenvalue weighted by molar-refractivity contribution is 5.39. The van der Waals surface area contributed by atoms with E-state index in [0.29, 0.717) is 17.5 Å². The molecule has 0 unspecified atom stereocenters. The predicted molar refractivity (Wildman–Crippen MR) is 56.8 cm³/mol. The van der Waals surface area contributed by atoms with Crippen molar-refractivity contribution in [3.05, 3.63) is 36.0 Å². The molecule has 7 heteroatoms. The molecule has 0 aliphatic heterocycles. The van der Waals surface area contributed by atoms with Gasteiger partial charge in [0.2, 0.25) is 5.88 Å². The van der Waals surface area contributed by atoms with E-state index in [1.54, 1.807) is 12.1 Å². The summed E-state index contributed by atoms with van der Waals surface area (Å²) in [6.07, 6.45) is -4.59. The average Bonchev–Trinajstić information content (AvgIpc) is 2.71. The van der Waals surface area contributed by atoms with Gasteiger partial charge < -0.3 is 9.84 Å². The van der Waals surface area contributed by atoms with Gasteiger partial charge in [-0.25, -0.2) is 4.68 Å². The number of benzene rings is 1. The lowest BCUT2D eigenvalue weighted by Gasteiger charge is -2.04. The Balaban J connectivity index is 2.41. The zero-order valence-corrected chi connectivity index (χ0v) is 9.27.